The highest BCUT2D eigenvalue weighted by Gasteiger charge is 2.59. The molecule has 0 aromatic carbocycles. The first-order valence-corrected chi connectivity index (χ1v) is 6.20. The number of hydrogen-bond donors (Lipinski definition) is 8. The highest BCUT2D eigenvalue weighted by atomic mass is 16.4. The molecule has 0 amide bonds. The zero-order valence-electron chi connectivity index (χ0n) is 10.1. The molecule has 2 rings (SSSR count). The Balaban J connectivity index is 2.39. The van der Waals surface area contributed by atoms with Crippen LogP contribution in [0.15, 0.2) is 0 Å². The van der Waals surface area contributed by atoms with Crippen LogP contribution in [0.5, 0.6) is 0 Å². The van der Waals surface area contributed by atoms with Crippen LogP contribution < -0.4 is 0 Å². The maximum atomic E-state index is 9.95. The Hall–Kier alpha value is -0.320. The normalized spacial score (nSPS) is 58.7. The van der Waals surface area contributed by atoms with Crippen molar-refractivity contribution in [1.29, 1.82) is 0 Å². The van der Waals surface area contributed by atoms with E-state index in [4.69, 9.17) is 0 Å². The summed E-state index contributed by atoms with van der Waals surface area (Å²) in [7, 11) is 0. The second kappa shape index (κ2) is 5.23. The van der Waals surface area contributed by atoms with Crippen LogP contribution in [0.2, 0.25) is 0 Å². The van der Waals surface area contributed by atoms with E-state index in [1.807, 2.05) is 0 Å². The summed E-state index contributed by atoms with van der Waals surface area (Å²) in [5, 5.41) is 77.7. The largest absolute Gasteiger partial charge is 0.396 e. The minimum absolute atomic E-state index is 0.599. The maximum Gasteiger partial charge on any atom is 0.109 e. The van der Waals surface area contributed by atoms with E-state index in [2.05, 4.69) is 0 Å². The highest BCUT2D eigenvalue weighted by molar-refractivity contribution is 5.08. The average molecular weight is 280 g/mol. The van der Waals surface area contributed by atoms with Crippen molar-refractivity contribution in [2.24, 2.45) is 17.8 Å². The maximum absolute atomic E-state index is 9.95. The first-order chi connectivity index (χ1) is 8.82. The van der Waals surface area contributed by atoms with Gasteiger partial charge in [0.2, 0.25) is 0 Å². The third-order valence-corrected chi connectivity index (χ3v) is 4.52. The van der Waals surface area contributed by atoms with Gasteiger partial charge in [-0.1, -0.05) is 0 Å². The van der Waals surface area contributed by atoms with Gasteiger partial charge in [0.1, 0.15) is 18.3 Å². The van der Waals surface area contributed by atoms with E-state index in [0.29, 0.717) is 0 Å². The summed E-state index contributed by atoms with van der Waals surface area (Å²) in [4.78, 5) is 0. The third kappa shape index (κ3) is 2.08. The van der Waals surface area contributed by atoms with Crippen molar-refractivity contribution in [3.05, 3.63) is 0 Å². The molecule has 112 valence electrons. The lowest BCUT2D eigenvalue weighted by Crippen LogP contribution is -2.69. The fourth-order valence-corrected chi connectivity index (χ4v) is 3.42. The second-order valence-corrected chi connectivity index (χ2v) is 5.44. The van der Waals surface area contributed by atoms with Crippen molar-refractivity contribution in [1.82, 2.24) is 0 Å². The molecule has 0 heterocycles. The zero-order valence-corrected chi connectivity index (χ0v) is 10.1. The Kier molecular flexibility index (Phi) is 4.15. The molecule has 0 bridgehead atoms. The molecule has 2 aliphatic carbocycles. The highest BCUT2D eigenvalue weighted by Crippen LogP contribution is 2.44. The number of fused-ring (bicyclic) bond motifs is 1. The molecule has 0 saturated heterocycles. The van der Waals surface area contributed by atoms with Crippen LogP contribution in [0.3, 0.4) is 0 Å². The van der Waals surface area contributed by atoms with Crippen molar-refractivity contribution >= 4 is 0 Å². The molecule has 2 aliphatic rings. The van der Waals surface area contributed by atoms with E-state index < -0.39 is 67.1 Å². The molecule has 8 N–H and O–H groups in total. The minimum Gasteiger partial charge on any atom is -0.396 e. The van der Waals surface area contributed by atoms with Gasteiger partial charge < -0.3 is 40.9 Å². The Morgan fingerprint density at radius 3 is 1.26 bits per heavy atom. The summed E-state index contributed by atoms with van der Waals surface area (Å²) < 4.78 is 0. The first kappa shape index (κ1) is 15.1. The van der Waals surface area contributed by atoms with Gasteiger partial charge in [-0.05, 0) is 0 Å². The van der Waals surface area contributed by atoms with Crippen molar-refractivity contribution in [3.8, 4) is 0 Å². The van der Waals surface area contributed by atoms with Crippen molar-refractivity contribution in [3.63, 3.8) is 0 Å². The van der Waals surface area contributed by atoms with Gasteiger partial charge in [0, 0.05) is 24.4 Å². The molecule has 19 heavy (non-hydrogen) atoms. The first-order valence-electron chi connectivity index (χ1n) is 6.20. The Bertz CT molecular complexity index is 322. The number of aliphatic hydroxyl groups excluding tert-OH is 8. The van der Waals surface area contributed by atoms with Gasteiger partial charge in [-0.25, -0.2) is 0 Å². The molecule has 0 spiro atoms. The van der Waals surface area contributed by atoms with Gasteiger partial charge in [0.15, 0.2) is 0 Å². The summed E-state index contributed by atoms with van der Waals surface area (Å²) in [5.41, 5.74) is 0. The SMILES string of the molecule is OC[C@H]1[C@H](O)[C@H](O)[C@@H](O)[C@@H]2[C@@H](O)[C@H](O)[C@@H](O)[C@H](O)[C@H]12. The van der Waals surface area contributed by atoms with Crippen LogP contribution >= 0.6 is 0 Å². The number of rotatable bonds is 1. The lowest BCUT2D eigenvalue weighted by atomic mass is 9.59. The van der Waals surface area contributed by atoms with E-state index in [1.165, 1.54) is 0 Å². The Morgan fingerprint density at radius 2 is 0.842 bits per heavy atom. The predicted octanol–water partition coefficient (Wildman–Crippen LogP) is -4.62. The Morgan fingerprint density at radius 1 is 0.474 bits per heavy atom. The van der Waals surface area contributed by atoms with Crippen LogP contribution in [-0.2, 0) is 0 Å². The van der Waals surface area contributed by atoms with E-state index in [1.54, 1.807) is 0 Å². The molecule has 2 fully saturated rings. The third-order valence-electron chi connectivity index (χ3n) is 4.52. The summed E-state index contributed by atoms with van der Waals surface area (Å²) >= 11 is 0. The standard InChI is InChI=1S/C11H20O8/c12-1-2-3-4(7(15)9(17)5(2)13)8(16)11(19)10(18)6(3)14/h2-19H,1H2/t2-,3-,4-,5+,6-,7+,8-,9+,10+,11+/m1/s1. The van der Waals surface area contributed by atoms with E-state index in [0.717, 1.165) is 0 Å². The Labute approximate surface area is 109 Å². The minimum atomic E-state index is -1.67. The molecule has 0 unspecified atom stereocenters. The summed E-state index contributed by atoms with van der Waals surface area (Å²) in [5.74, 6) is -3.20. The topological polar surface area (TPSA) is 162 Å². The molecule has 0 aliphatic heterocycles. The monoisotopic (exact) mass is 280 g/mol. The summed E-state index contributed by atoms with van der Waals surface area (Å²) in [6.45, 7) is -0.599. The van der Waals surface area contributed by atoms with Crippen LogP contribution in [0, 0.1) is 17.8 Å². The molecule has 8 heteroatoms. The van der Waals surface area contributed by atoms with E-state index >= 15 is 0 Å². The summed E-state index contributed by atoms with van der Waals surface area (Å²) in [6, 6.07) is 0. The van der Waals surface area contributed by atoms with Crippen molar-refractivity contribution in [2.45, 2.75) is 42.7 Å². The molecule has 0 radical (unpaired) electrons. The molecular weight excluding hydrogens is 260 g/mol. The molecule has 2 saturated carbocycles. The molecule has 0 aromatic heterocycles. The number of aliphatic hydroxyl groups is 8. The molecule has 8 nitrogen and oxygen atoms in total. The number of hydrogen-bond acceptors (Lipinski definition) is 8. The smallest absolute Gasteiger partial charge is 0.109 e. The van der Waals surface area contributed by atoms with Gasteiger partial charge in [0.05, 0.1) is 24.4 Å². The van der Waals surface area contributed by atoms with Crippen molar-refractivity contribution in [2.75, 3.05) is 6.61 Å². The van der Waals surface area contributed by atoms with Crippen LogP contribution in [-0.4, -0.2) is 90.2 Å². The van der Waals surface area contributed by atoms with E-state index in [-0.39, 0.29) is 0 Å². The average Bonchev–Trinajstić information content (AvgIpc) is 2.40. The predicted molar refractivity (Wildman–Crippen MR) is 59.6 cm³/mol. The fraction of sp³-hybridized carbons (Fsp3) is 1.00. The lowest BCUT2D eigenvalue weighted by Gasteiger charge is -2.54. The fourth-order valence-electron chi connectivity index (χ4n) is 3.42. The van der Waals surface area contributed by atoms with Gasteiger partial charge in [0.25, 0.3) is 0 Å². The van der Waals surface area contributed by atoms with Gasteiger partial charge in [-0.3, -0.25) is 0 Å². The van der Waals surface area contributed by atoms with E-state index in [9.17, 15) is 40.9 Å². The van der Waals surface area contributed by atoms with Gasteiger partial charge in [-0.15, -0.1) is 0 Å². The van der Waals surface area contributed by atoms with Crippen LogP contribution in [0.25, 0.3) is 0 Å². The molecule has 10 atom stereocenters. The quantitative estimate of drug-likeness (QED) is 0.238. The molecular formula is C11H20O8. The van der Waals surface area contributed by atoms with Gasteiger partial charge in [-0.2, -0.15) is 0 Å². The van der Waals surface area contributed by atoms with Crippen LogP contribution in [0.1, 0.15) is 0 Å². The van der Waals surface area contributed by atoms with Crippen LogP contribution in [0.4, 0.5) is 0 Å². The zero-order chi connectivity index (χ0) is 14.5. The lowest BCUT2D eigenvalue weighted by molar-refractivity contribution is -0.262. The summed E-state index contributed by atoms with van der Waals surface area (Å²) in [6.07, 6.45) is -11.1. The second-order valence-electron chi connectivity index (χ2n) is 5.44. The van der Waals surface area contributed by atoms with Gasteiger partial charge >= 0.3 is 0 Å². The van der Waals surface area contributed by atoms with Crippen molar-refractivity contribution < 1.29 is 40.9 Å². The molecule has 0 aromatic rings.